The van der Waals surface area contributed by atoms with E-state index in [1.54, 1.807) is 10.5 Å². The normalized spacial score (nSPS) is 11.1. The standard InChI is InChI=1S/C13H14N2O2Si/c1-18(2,3)7-6-10-4-5-12-14-11(13(16)17)9-15(12)8-10/h4-5,8-9H,1-3H3,(H,16,17). The Bertz CT molecular complexity index is 672. The molecule has 5 heteroatoms. The van der Waals surface area contributed by atoms with Gasteiger partial charge in [0.15, 0.2) is 5.69 Å². The molecule has 1 N–H and O–H groups in total. The van der Waals surface area contributed by atoms with Crippen molar-refractivity contribution >= 4 is 19.7 Å². The molecule has 0 spiro atoms. The van der Waals surface area contributed by atoms with E-state index in [-0.39, 0.29) is 5.69 Å². The van der Waals surface area contributed by atoms with E-state index >= 15 is 0 Å². The Morgan fingerprint density at radius 3 is 2.67 bits per heavy atom. The van der Waals surface area contributed by atoms with Crippen molar-refractivity contribution in [1.82, 2.24) is 9.38 Å². The van der Waals surface area contributed by atoms with Gasteiger partial charge in [-0.2, -0.15) is 0 Å². The molecule has 0 fully saturated rings. The van der Waals surface area contributed by atoms with Crippen molar-refractivity contribution in [3.63, 3.8) is 0 Å². The Morgan fingerprint density at radius 1 is 1.33 bits per heavy atom. The molecule has 2 aromatic rings. The second-order valence-corrected chi connectivity index (χ2v) is 9.86. The summed E-state index contributed by atoms with van der Waals surface area (Å²) >= 11 is 0. The van der Waals surface area contributed by atoms with Gasteiger partial charge in [-0.3, -0.25) is 0 Å². The van der Waals surface area contributed by atoms with E-state index in [0.29, 0.717) is 5.65 Å². The van der Waals surface area contributed by atoms with Crippen molar-refractivity contribution < 1.29 is 9.90 Å². The van der Waals surface area contributed by atoms with Crippen LogP contribution >= 0.6 is 0 Å². The number of rotatable bonds is 1. The minimum Gasteiger partial charge on any atom is -0.476 e. The molecule has 18 heavy (non-hydrogen) atoms. The van der Waals surface area contributed by atoms with Crippen LogP contribution in [0.2, 0.25) is 19.6 Å². The van der Waals surface area contributed by atoms with Crippen LogP contribution in [0.5, 0.6) is 0 Å². The first kappa shape index (κ1) is 12.4. The zero-order chi connectivity index (χ0) is 13.3. The lowest BCUT2D eigenvalue weighted by Crippen LogP contribution is -2.16. The number of aromatic nitrogens is 2. The minimum absolute atomic E-state index is 0.0466. The number of pyridine rings is 1. The van der Waals surface area contributed by atoms with Crippen LogP contribution in [0.1, 0.15) is 16.1 Å². The largest absolute Gasteiger partial charge is 0.476 e. The summed E-state index contributed by atoms with van der Waals surface area (Å²) in [5.41, 5.74) is 4.81. The van der Waals surface area contributed by atoms with Crippen LogP contribution in [-0.2, 0) is 0 Å². The fourth-order valence-corrected chi connectivity index (χ4v) is 1.95. The number of carboxylic acids is 1. The van der Waals surface area contributed by atoms with Crippen molar-refractivity contribution in [2.45, 2.75) is 19.6 Å². The Morgan fingerprint density at radius 2 is 2.06 bits per heavy atom. The average molecular weight is 258 g/mol. The maximum Gasteiger partial charge on any atom is 0.356 e. The SMILES string of the molecule is C[Si](C)(C)C#Cc1ccc2nc(C(=O)O)cn2c1. The molecule has 0 atom stereocenters. The number of nitrogens with zero attached hydrogens (tertiary/aromatic N) is 2. The van der Waals surface area contributed by atoms with Gasteiger partial charge in [0.2, 0.25) is 0 Å². The second kappa shape index (κ2) is 4.31. The zero-order valence-electron chi connectivity index (χ0n) is 10.6. The first-order chi connectivity index (χ1) is 8.35. The molecule has 2 rings (SSSR count). The molecule has 0 aliphatic carbocycles. The number of aromatic carboxylic acids is 1. The molecule has 0 radical (unpaired) electrons. The Kier molecular flexibility index (Phi) is 2.97. The monoisotopic (exact) mass is 258 g/mol. The molecule has 92 valence electrons. The number of hydrogen-bond donors (Lipinski definition) is 1. The predicted molar refractivity (Wildman–Crippen MR) is 72.4 cm³/mol. The number of carboxylic acid groups (broad SMARTS) is 1. The molecule has 0 aliphatic rings. The van der Waals surface area contributed by atoms with Crippen molar-refractivity contribution in [2.24, 2.45) is 0 Å². The molecule has 2 aromatic heterocycles. The molecule has 0 aromatic carbocycles. The van der Waals surface area contributed by atoms with Gasteiger partial charge in [-0.15, -0.1) is 5.54 Å². The van der Waals surface area contributed by atoms with Crippen molar-refractivity contribution in [3.8, 4) is 11.5 Å². The molecular formula is C13H14N2O2Si. The Balaban J connectivity index is 2.43. The summed E-state index contributed by atoms with van der Waals surface area (Å²) in [5, 5.41) is 8.87. The van der Waals surface area contributed by atoms with Crippen LogP contribution in [0, 0.1) is 11.5 Å². The van der Waals surface area contributed by atoms with Crippen LogP contribution in [0.15, 0.2) is 24.5 Å². The minimum atomic E-state index is -1.40. The third kappa shape index (κ3) is 2.79. The van der Waals surface area contributed by atoms with Gasteiger partial charge >= 0.3 is 5.97 Å². The van der Waals surface area contributed by atoms with E-state index in [2.05, 4.69) is 36.1 Å². The smallest absolute Gasteiger partial charge is 0.356 e. The third-order valence-electron chi connectivity index (χ3n) is 2.25. The molecule has 0 bridgehead atoms. The summed E-state index contributed by atoms with van der Waals surface area (Å²) in [5.74, 6) is 2.11. The molecule has 0 aliphatic heterocycles. The topological polar surface area (TPSA) is 54.6 Å². The number of imidazole rings is 1. The highest BCUT2D eigenvalue weighted by Crippen LogP contribution is 2.08. The van der Waals surface area contributed by atoms with Crippen LogP contribution in [0.3, 0.4) is 0 Å². The van der Waals surface area contributed by atoms with Gasteiger partial charge in [-0.05, 0) is 12.1 Å². The predicted octanol–water partition coefficient (Wildman–Crippen LogP) is 2.26. The number of fused-ring (bicyclic) bond motifs is 1. The average Bonchev–Trinajstić information content (AvgIpc) is 2.68. The van der Waals surface area contributed by atoms with Crippen molar-refractivity contribution in [3.05, 3.63) is 35.8 Å². The van der Waals surface area contributed by atoms with E-state index < -0.39 is 14.0 Å². The van der Waals surface area contributed by atoms with E-state index in [1.165, 1.54) is 6.20 Å². The Labute approximate surface area is 106 Å². The van der Waals surface area contributed by atoms with Gasteiger partial charge in [0.05, 0.1) is 0 Å². The van der Waals surface area contributed by atoms with Crippen LogP contribution < -0.4 is 0 Å². The van der Waals surface area contributed by atoms with Gasteiger partial charge in [0, 0.05) is 18.0 Å². The van der Waals surface area contributed by atoms with E-state index in [1.807, 2.05) is 12.3 Å². The molecule has 4 nitrogen and oxygen atoms in total. The summed E-state index contributed by atoms with van der Waals surface area (Å²) in [4.78, 5) is 14.8. The fraction of sp³-hybridized carbons (Fsp3) is 0.231. The van der Waals surface area contributed by atoms with E-state index in [0.717, 1.165) is 5.56 Å². The van der Waals surface area contributed by atoms with Crippen LogP contribution in [0.25, 0.3) is 5.65 Å². The van der Waals surface area contributed by atoms with E-state index in [9.17, 15) is 4.79 Å². The molecule has 0 saturated carbocycles. The van der Waals surface area contributed by atoms with E-state index in [4.69, 9.17) is 5.11 Å². The Hall–Kier alpha value is -2.06. The highest BCUT2D eigenvalue weighted by molar-refractivity contribution is 6.83. The summed E-state index contributed by atoms with van der Waals surface area (Å²) in [6.07, 6.45) is 3.30. The lowest BCUT2D eigenvalue weighted by molar-refractivity contribution is 0.0691. The highest BCUT2D eigenvalue weighted by atomic mass is 28.3. The lowest BCUT2D eigenvalue weighted by atomic mass is 10.3. The fourth-order valence-electron chi connectivity index (χ4n) is 1.43. The quantitative estimate of drug-likeness (QED) is 0.630. The van der Waals surface area contributed by atoms with Crippen molar-refractivity contribution in [2.75, 3.05) is 0 Å². The summed E-state index contributed by atoms with van der Waals surface area (Å²) < 4.78 is 1.69. The summed E-state index contributed by atoms with van der Waals surface area (Å²) in [6, 6.07) is 3.64. The number of carbonyl (C=O) groups is 1. The van der Waals surface area contributed by atoms with Gasteiger partial charge < -0.3 is 9.51 Å². The van der Waals surface area contributed by atoms with Gasteiger partial charge in [0.25, 0.3) is 0 Å². The maximum absolute atomic E-state index is 10.8. The van der Waals surface area contributed by atoms with Crippen LogP contribution in [-0.4, -0.2) is 28.5 Å². The summed E-state index contributed by atoms with van der Waals surface area (Å²) in [6.45, 7) is 6.54. The van der Waals surface area contributed by atoms with Crippen molar-refractivity contribution in [1.29, 1.82) is 0 Å². The molecule has 2 heterocycles. The van der Waals surface area contributed by atoms with Gasteiger partial charge in [0.1, 0.15) is 13.7 Å². The molecule has 0 saturated heterocycles. The van der Waals surface area contributed by atoms with Crippen LogP contribution in [0.4, 0.5) is 0 Å². The lowest BCUT2D eigenvalue weighted by Gasteiger charge is -2.03. The maximum atomic E-state index is 10.8. The first-order valence-electron chi connectivity index (χ1n) is 5.60. The first-order valence-corrected chi connectivity index (χ1v) is 9.10. The highest BCUT2D eigenvalue weighted by Gasteiger charge is 2.09. The van der Waals surface area contributed by atoms with Gasteiger partial charge in [-0.1, -0.05) is 25.6 Å². The molecular weight excluding hydrogens is 244 g/mol. The second-order valence-electron chi connectivity index (χ2n) is 5.11. The molecule has 0 amide bonds. The van der Waals surface area contributed by atoms with Gasteiger partial charge in [-0.25, -0.2) is 9.78 Å². The zero-order valence-corrected chi connectivity index (χ0v) is 11.6. The third-order valence-corrected chi connectivity index (χ3v) is 3.13. The number of hydrogen-bond acceptors (Lipinski definition) is 2. The molecule has 0 unspecified atom stereocenters. The summed E-state index contributed by atoms with van der Waals surface area (Å²) in [7, 11) is -1.40.